The Morgan fingerprint density at radius 1 is 1.26 bits per heavy atom. The maximum Gasteiger partial charge on any atom is 0.265 e. The van der Waals surface area contributed by atoms with Gasteiger partial charge in [-0.1, -0.05) is 47.5 Å². The Balaban J connectivity index is 1.89. The van der Waals surface area contributed by atoms with E-state index >= 15 is 0 Å². The van der Waals surface area contributed by atoms with Crippen LogP contribution in [0.4, 0.5) is 0 Å². The summed E-state index contributed by atoms with van der Waals surface area (Å²) < 4.78 is 11.3. The number of benzene rings is 2. The van der Waals surface area contributed by atoms with E-state index in [0.29, 0.717) is 28.7 Å². The van der Waals surface area contributed by atoms with E-state index in [1.165, 1.54) is 24.2 Å². The van der Waals surface area contributed by atoms with Crippen molar-refractivity contribution in [2.24, 2.45) is 0 Å². The van der Waals surface area contributed by atoms with Crippen LogP contribution in [-0.4, -0.2) is 35.5 Å². The van der Waals surface area contributed by atoms with Crippen molar-refractivity contribution in [3.05, 3.63) is 76.3 Å². The molecule has 1 aliphatic rings. The van der Waals surface area contributed by atoms with Gasteiger partial charge < -0.3 is 9.47 Å². The predicted octanol–water partition coefficient (Wildman–Crippen LogP) is 4.05. The molecule has 0 aliphatic carbocycles. The van der Waals surface area contributed by atoms with E-state index in [-0.39, 0.29) is 17.2 Å². The quantitative estimate of drug-likeness (QED) is 0.294. The van der Waals surface area contributed by atoms with Crippen LogP contribution < -0.4 is 14.8 Å². The molecule has 0 spiro atoms. The van der Waals surface area contributed by atoms with Crippen LogP contribution in [0.1, 0.15) is 16.7 Å². The summed E-state index contributed by atoms with van der Waals surface area (Å²) in [5.41, 5.74) is 2.56. The Hall–Kier alpha value is -3.16. The van der Waals surface area contributed by atoms with Gasteiger partial charge in [0.25, 0.3) is 11.8 Å². The lowest BCUT2D eigenvalue weighted by Gasteiger charge is -2.27. The van der Waals surface area contributed by atoms with Crippen LogP contribution >= 0.6 is 23.8 Å². The van der Waals surface area contributed by atoms with E-state index in [9.17, 15) is 9.59 Å². The van der Waals surface area contributed by atoms with Crippen LogP contribution in [0.2, 0.25) is 5.02 Å². The Labute approximate surface area is 191 Å². The fraction of sp³-hybridized carbons (Fsp3) is 0.174. The Morgan fingerprint density at radius 2 is 2.03 bits per heavy atom. The largest absolute Gasteiger partial charge is 0.493 e. The molecule has 0 bridgehead atoms. The molecule has 0 saturated carbocycles. The van der Waals surface area contributed by atoms with Crippen molar-refractivity contribution in [2.75, 3.05) is 13.7 Å². The number of amides is 2. The van der Waals surface area contributed by atoms with Crippen LogP contribution in [0.25, 0.3) is 6.08 Å². The second-order valence-electron chi connectivity index (χ2n) is 6.83. The Kier molecular flexibility index (Phi) is 7.09. The van der Waals surface area contributed by atoms with Gasteiger partial charge in [0.15, 0.2) is 16.6 Å². The van der Waals surface area contributed by atoms with Crippen LogP contribution in [0.15, 0.2) is 54.6 Å². The van der Waals surface area contributed by atoms with Gasteiger partial charge >= 0.3 is 0 Å². The van der Waals surface area contributed by atoms with Crippen molar-refractivity contribution in [1.29, 1.82) is 0 Å². The minimum atomic E-state index is -0.579. The first kappa shape index (κ1) is 22.5. The first-order valence-electron chi connectivity index (χ1n) is 9.39. The van der Waals surface area contributed by atoms with E-state index in [4.69, 9.17) is 33.3 Å². The number of ether oxygens (including phenoxy) is 2. The second-order valence-corrected chi connectivity index (χ2v) is 7.63. The summed E-state index contributed by atoms with van der Waals surface area (Å²) in [5, 5.41) is 2.84. The van der Waals surface area contributed by atoms with Crippen molar-refractivity contribution in [3.63, 3.8) is 0 Å². The van der Waals surface area contributed by atoms with E-state index in [0.717, 1.165) is 11.1 Å². The third-order valence-electron chi connectivity index (χ3n) is 4.53. The number of aryl methyl sites for hydroxylation is 1. The maximum atomic E-state index is 12.7. The van der Waals surface area contributed by atoms with E-state index in [1.54, 1.807) is 12.1 Å². The molecule has 1 N–H and O–H groups in total. The highest BCUT2D eigenvalue weighted by Gasteiger charge is 2.32. The highest BCUT2D eigenvalue weighted by Crippen LogP contribution is 2.37. The van der Waals surface area contributed by atoms with Crippen molar-refractivity contribution >= 4 is 46.8 Å². The number of halogens is 1. The van der Waals surface area contributed by atoms with E-state index in [1.807, 2.05) is 31.2 Å². The van der Waals surface area contributed by atoms with Gasteiger partial charge in [0, 0.05) is 6.54 Å². The summed E-state index contributed by atoms with van der Waals surface area (Å²) in [5.74, 6) is -0.329. The van der Waals surface area contributed by atoms with Gasteiger partial charge in [-0.05, 0) is 48.5 Å². The van der Waals surface area contributed by atoms with Gasteiger partial charge in [0.2, 0.25) is 0 Å². The fourth-order valence-corrected chi connectivity index (χ4v) is 3.60. The summed E-state index contributed by atoms with van der Waals surface area (Å²) in [6, 6.07) is 11.2. The first-order chi connectivity index (χ1) is 14.8. The normalized spacial score (nSPS) is 15.1. The number of nitrogens with zero attached hydrogens (tertiary/aromatic N) is 1. The van der Waals surface area contributed by atoms with Gasteiger partial charge in [-0.15, -0.1) is 6.58 Å². The lowest BCUT2D eigenvalue weighted by atomic mass is 10.1. The maximum absolute atomic E-state index is 12.7. The molecule has 2 aromatic rings. The van der Waals surface area contributed by atoms with E-state index in [2.05, 4.69) is 11.9 Å². The molecule has 3 rings (SSSR count). The first-order valence-corrected chi connectivity index (χ1v) is 10.2. The van der Waals surface area contributed by atoms with Gasteiger partial charge in [-0.3, -0.25) is 19.8 Å². The number of methoxy groups -OCH3 is 1. The van der Waals surface area contributed by atoms with Gasteiger partial charge in [0.1, 0.15) is 12.2 Å². The standard InChI is InChI=1S/C23H21ClN2O4S/c1-4-8-26-22(28)17(21(27)25-23(26)31)10-16-11-18(24)20(19(12-16)29-3)30-13-15-7-5-6-14(2)9-15/h4-7,9-12H,1,8,13H2,2-3H3,(H,25,27,31)/b17-10+. The molecular weight excluding hydrogens is 436 g/mol. The average Bonchev–Trinajstić information content (AvgIpc) is 2.73. The fourth-order valence-electron chi connectivity index (χ4n) is 3.08. The highest BCUT2D eigenvalue weighted by molar-refractivity contribution is 7.80. The summed E-state index contributed by atoms with van der Waals surface area (Å²) in [4.78, 5) is 26.3. The molecule has 31 heavy (non-hydrogen) atoms. The molecule has 0 radical (unpaired) electrons. The smallest absolute Gasteiger partial charge is 0.265 e. The molecule has 0 aromatic heterocycles. The third kappa shape index (κ3) is 5.13. The predicted molar refractivity (Wildman–Crippen MR) is 124 cm³/mol. The number of hydrogen-bond donors (Lipinski definition) is 1. The number of rotatable bonds is 7. The number of carbonyl (C=O) groups excluding carboxylic acids is 2. The number of hydrogen-bond acceptors (Lipinski definition) is 5. The van der Waals surface area contributed by atoms with Crippen molar-refractivity contribution in [1.82, 2.24) is 10.2 Å². The van der Waals surface area contributed by atoms with Gasteiger partial charge in [-0.25, -0.2) is 0 Å². The molecule has 1 heterocycles. The van der Waals surface area contributed by atoms with Crippen molar-refractivity contribution in [2.45, 2.75) is 13.5 Å². The molecule has 2 aromatic carbocycles. The zero-order valence-electron chi connectivity index (χ0n) is 17.1. The molecule has 0 atom stereocenters. The summed E-state index contributed by atoms with van der Waals surface area (Å²) in [7, 11) is 1.49. The van der Waals surface area contributed by atoms with Crippen molar-refractivity contribution in [3.8, 4) is 11.5 Å². The Bertz CT molecular complexity index is 1100. The van der Waals surface area contributed by atoms with E-state index < -0.39 is 11.8 Å². The number of nitrogens with one attached hydrogen (secondary N) is 1. The molecule has 2 amide bonds. The van der Waals surface area contributed by atoms with Crippen molar-refractivity contribution < 1.29 is 19.1 Å². The average molecular weight is 457 g/mol. The summed E-state index contributed by atoms with van der Waals surface area (Å²) in [6.45, 7) is 6.11. The molecule has 1 aliphatic heterocycles. The minimum absolute atomic E-state index is 0.0440. The highest BCUT2D eigenvalue weighted by atomic mass is 35.5. The third-order valence-corrected chi connectivity index (χ3v) is 5.13. The van der Waals surface area contributed by atoms with Gasteiger partial charge in [0.05, 0.1) is 12.1 Å². The summed E-state index contributed by atoms with van der Waals surface area (Å²) in [6.07, 6.45) is 2.97. The van der Waals surface area contributed by atoms with Crippen LogP contribution in [0.3, 0.4) is 0 Å². The molecule has 1 saturated heterocycles. The molecule has 6 nitrogen and oxygen atoms in total. The van der Waals surface area contributed by atoms with Crippen LogP contribution in [0.5, 0.6) is 11.5 Å². The monoisotopic (exact) mass is 456 g/mol. The topological polar surface area (TPSA) is 67.9 Å². The minimum Gasteiger partial charge on any atom is -0.493 e. The van der Waals surface area contributed by atoms with Gasteiger partial charge in [-0.2, -0.15) is 0 Å². The molecule has 1 fully saturated rings. The summed E-state index contributed by atoms with van der Waals surface area (Å²) >= 11 is 11.5. The lowest BCUT2D eigenvalue weighted by molar-refractivity contribution is -0.128. The molecule has 0 unspecified atom stereocenters. The Morgan fingerprint density at radius 3 is 2.71 bits per heavy atom. The zero-order valence-corrected chi connectivity index (χ0v) is 18.7. The number of carbonyl (C=O) groups is 2. The molecule has 8 heteroatoms. The van der Waals surface area contributed by atoms with Crippen LogP contribution in [-0.2, 0) is 16.2 Å². The molecule has 160 valence electrons. The second kappa shape index (κ2) is 9.76. The number of thiocarbonyl (C=S) groups is 1. The zero-order chi connectivity index (χ0) is 22.5. The van der Waals surface area contributed by atoms with Crippen LogP contribution in [0, 0.1) is 6.92 Å². The lowest BCUT2D eigenvalue weighted by Crippen LogP contribution is -2.53. The SMILES string of the molecule is C=CCN1C(=O)/C(=C/c2cc(Cl)c(OCc3cccc(C)c3)c(OC)c2)C(=O)NC1=S. The molecular formula is C23H21ClN2O4S.